The van der Waals surface area contributed by atoms with Crippen LogP contribution >= 0.6 is 11.3 Å². The Morgan fingerprint density at radius 2 is 1.06 bits per heavy atom. The van der Waals surface area contributed by atoms with Crippen LogP contribution in [0.4, 0.5) is 17.1 Å². The van der Waals surface area contributed by atoms with Gasteiger partial charge in [0.15, 0.2) is 0 Å². The molecule has 2 heteroatoms. The van der Waals surface area contributed by atoms with Crippen molar-refractivity contribution in [2.45, 2.75) is 19.3 Å². The van der Waals surface area contributed by atoms with Crippen LogP contribution in [0.2, 0.25) is 0 Å². The summed E-state index contributed by atoms with van der Waals surface area (Å²) in [6.07, 6.45) is 0. The zero-order chi connectivity index (χ0) is 31.3. The Balaban J connectivity index is 1.28. The van der Waals surface area contributed by atoms with Crippen LogP contribution in [0.5, 0.6) is 0 Å². The quantitative estimate of drug-likeness (QED) is 0.178. The van der Waals surface area contributed by atoms with Crippen molar-refractivity contribution in [2.75, 3.05) is 4.90 Å². The number of nitrogens with zero attached hydrogens (tertiary/aromatic N) is 1. The van der Waals surface area contributed by atoms with Crippen molar-refractivity contribution in [3.63, 3.8) is 0 Å². The summed E-state index contributed by atoms with van der Waals surface area (Å²) in [4.78, 5) is 2.50. The molecule has 1 aromatic heterocycles. The molecule has 9 aromatic rings. The third-order valence-corrected chi connectivity index (χ3v) is 11.6. The lowest BCUT2D eigenvalue weighted by Gasteiger charge is -2.29. The number of benzene rings is 8. The molecule has 0 radical (unpaired) electrons. The molecular weight excluding hydrogens is 587 g/mol. The summed E-state index contributed by atoms with van der Waals surface area (Å²) in [5.41, 5.74) is 8.87. The van der Waals surface area contributed by atoms with Crippen LogP contribution in [0.25, 0.3) is 63.6 Å². The third-order valence-electron chi connectivity index (χ3n) is 10.4. The van der Waals surface area contributed by atoms with Crippen molar-refractivity contribution in [1.29, 1.82) is 0 Å². The fourth-order valence-electron chi connectivity index (χ4n) is 8.15. The summed E-state index contributed by atoms with van der Waals surface area (Å²) in [5, 5.41) is 10.3. The summed E-state index contributed by atoms with van der Waals surface area (Å²) >= 11 is 1.87. The highest BCUT2D eigenvalue weighted by molar-refractivity contribution is 7.25. The first-order chi connectivity index (χ1) is 23.1. The van der Waals surface area contributed by atoms with Crippen LogP contribution in [-0.4, -0.2) is 0 Å². The van der Waals surface area contributed by atoms with Gasteiger partial charge in [-0.15, -0.1) is 11.3 Å². The van der Waals surface area contributed by atoms with Gasteiger partial charge in [0, 0.05) is 42.5 Å². The van der Waals surface area contributed by atoms with Gasteiger partial charge < -0.3 is 4.90 Å². The summed E-state index contributed by atoms with van der Waals surface area (Å²) in [6, 6.07) is 56.5. The van der Waals surface area contributed by atoms with E-state index in [4.69, 9.17) is 0 Å². The largest absolute Gasteiger partial charge is 0.310 e. The molecule has 0 N–H and O–H groups in total. The minimum Gasteiger partial charge on any atom is -0.310 e. The Morgan fingerprint density at radius 3 is 1.94 bits per heavy atom. The Labute approximate surface area is 278 Å². The smallest absolute Gasteiger partial charge is 0.0543 e. The van der Waals surface area contributed by atoms with E-state index in [1.807, 2.05) is 11.3 Å². The van der Waals surface area contributed by atoms with Crippen molar-refractivity contribution in [3.8, 4) is 11.1 Å². The van der Waals surface area contributed by atoms with Crippen molar-refractivity contribution < 1.29 is 0 Å². The second kappa shape index (κ2) is 9.78. The maximum atomic E-state index is 2.50. The van der Waals surface area contributed by atoms with E-state index in [0.717, 1.165) is 5.69 Å². The lowest BCUT2D eigenvalue weighted by atomic mass is 9.82. The van der Waals surface area contributed by atoms with Crippen LogP contribution in [0.1, 0.15) is 25.0 Å². The molecule has 0 saturated heterocycles. The predicted octanol–water partition coefficient (Wildman–Crippen LogP) is 13.3. The average molecular weight is 618 g/mol. The third kappa shape index (κ3) is 3.83. The number of fused-ring (bicyclic) bond motifs is 11. The SMILES string of the molecule is CC1(C)c2ccccc2-c2c(N(c3ccc4ccc5c6ccccc6ccc5c4c3)c3ccc4sc5ccccc5c4c3)cccc21. The zero-order valence-electron chi connectivity index (χ0n) is 26.3. The highest BCUT2D eigenvalue weighted by Crippen LogP contribution is 2.54. The molecule has 0 aliphatic heterocycles. The van der Waals surface area contributed by atoms with Gasteiger partial charge in [-0.2, -0.15) is 0 Å². The van der Waals surface area contributed by atoms with Gasteiger partial charge in [0.2, 0.25) is 0 Å². The number of thiophene rings is 1. The number of hydrogen-bond donors (Lipinski definition) is 0. The van der Waals surface area contributed by atoms with E-state index >= 15 is 0 Å². The van der Waals surface area contributed by atoms with Gasteiger partial charge in [-0.3, -0.25) is 0 Å². The van der Waals surface area contributed by atoms with Gasteiger partial charge in [-0.25, -0.2) is 0 Å². The predicted molar refractivity (Wildman–Crippen MR) is 204 cm³/mol. The molecular formula is C45H31NS. The summed E-state index contributed by atoms with van der Waals surface area (Å²) in [6.45, 7) is 4.73. The lowest BCUT2D eigenvalue weighted by molar-refractivity contribution is 0.660. The molecule has 0 amide bonds. The van der Waals surface area contributed by atoms with Gasteiger partial charge >= 0.3 is 0 Å². The van der Waals surface area contributed by atoms with Gasteiger partial charge in [0.25, 0.3) is 0 Å². The molecule has 0 spiro atoms. The number of hydrogen-bond acceptors (Lipinski definition) is 2. The second-order valence-electron chi connectivity index (χ2n) is 13.3. The maximum Gasteiger partial charge on any atom is 0.0543 e. The fourth-order valence-corrected chi connectivity index (χ4v) is 9.23. The topological polar surface area (TPSA) is 3.24 Å². The maximum absolute atomic E-state index is 2.50. The molecule has 1 aliphatic carbocycles. The van der Waals surface area contributed by atoms with Gasteiger partial charge in [0.05, 0.1) is 5.69 Å². The molecule has 0 bridgehead atoms. The monoisotopic (exact) mass is 617 g/mol. The average Bonchev–Trinajstić information content (AvgIpc) is 3.60. The van der Waals surface area contributed by atoms with Crippen LogP contribution in [0.3, 0.4) is 0 Å². The van der Waals surface area contributed by atoms with Gasteiger partial charge in [0.1, 0.15) is 0 Å². The molecule has 1 heterocycles. The van der Waals surface area contributed by atoms with E-state index < -0.39 is 0 Å². The van der Waals surface area contributed by atoms with Gasteiger partial charge in [-0.05, 0) is 91.5 Å². The lowest BCUT2D eigenvalue weighted by Crippen LogP contribution is -2.16. The van der Waals surface area contributed by atoms with Crippen LogP contribution < -0.4 is 4.90 Å². The Kier molecular flexibility index (Phi) is 5.57. The highest BCUT2D eigenvalue weighted by Gasteiger charge is 2.37. The van der Waals surface area contributed by atoms with E-state index in [2.05, 4.69) is 170 Å². The Morgan fingerprint density at radius 1 is 0.447 bits per heavy atom. The first-order valence-corrected chi connectivity index (χ1v) is 17.2. The van der Waals surface area contributed by atoms with Crippen molar-refractivity contribution >= 4 is 80.9 Å². The van der Waals surface area contributed by atoms with Crippen molar-refractivity contribution in [2.24, 2.45) is 0 Å². The second-order valence-corrected chi connectivity index (χ2v) is 14.4. The molecule has 0 unspecified atom stereocenters. The number of anilines is 3. The standard InChI is InChI=1S/C45H31NS/c1-45(2)39-14-7-5-13-36(39)44-40(45)15-9-16-41(44)46(31-22-25-43-38(27-31)35-12-6-8-17-42(35)47-43)30-21-18-29-20-23-33-32-11-4-3-10-28(32)19-24-34(33)37(29)26-30/h3-27H,1-2H3. The summed E-state index contributed by atoms with van der Waals surface area (Å²) in [7, 11) is 0. The first-order valence-electron chi connectivity index (χ1n) is 16.4. The Bertz CT molecular complexity index is 2730. The van der Waals surface area contributed by atoms with Crippen LogP contribution in [0, 0.1) is 0 Å². The van der Waals surface area contributed by atoms with E-state index in [9.17, 15) is 0 Å². The number of rotatable bonds is 3. The minimum atomic E-state index is -0.0816. The zero-order valence-corrected chi connectivity index (χ0v) is 27.1. The normalized spacial score (nSPS) is 13.5. The highest BCUT2D eigenvalue weighted by atomic mass is 32.1. The summed E-state index contributed by atoms with van der Waals surface area (Å²) in [5.74, 6) is 0. The molecule has 1 aliphatic rings. The molecule has 1 nitrogen and oxygen atoms in total. The molecule has 0 atom stereocenters. The molecule has 222 valence electrons. The van der Waals surface area contributed by atoms with Crippen LogP contribution in [-0.2, 0) is 5.41 Å². The minimum absolute atomic E-state index is 0.0816. The van der Waals surface area contributed by atoms with Gasteiger partial charge in [-0.1, -0.05) is 123 Å². The summed E-state index contributed by atoms with van der Waals surface area (Å²) < 4.78 is 2.64. The molecule has 0 fully saturated rings. The van der Waals surface area contributed by atoms with Crippen molar-refractivity contribution in [1.82, 2.24) is 0 Å². The van der Waals surface area contributed by atoms with E-state index in [1.165, 1.54) is 86.1 Å². The first kappa shape index (κ1) is 26.7. The fraction of sp³-hybridized carbons (Fsp3) is 0.0667. The molecule has 10 rings (SSSR count). The van der Waals surface area contributed by atoms with E-state index in [-0.39, 0.29) is 5.41 Å². The van der Waals surface area contributed by atoms with Crippen molar-refractivity contribution in [3.05, 3.63) is 163 Å². The molecule has 8 aromatic carbocycles. The van der Waals surface area contributed by atoms with E-state index in [0.29, 0.717) is 0 Å². The van der Waals surface area contributed by atoms with Crippen LogP contribution in [0.15, 0.2) is 152 Å². The Hall–Kier alpha value is -5.44. The molecule has 47 heavy (non-hydrogen) atoms. The molecule has 0 saturated carbocycles. The van der Waals surface area contributed by atoms with E-state index in [1.54, 1.807) is 0 Å².